The van der Waals surface area contributed by atoms with E-state index in [2.05, 4.69) is 31.3 Å². The van der Waals surface area contributed by atoms with E-state index in [1.54, 1.807) is 6.07 Å². The van der Waals surface area contributed by atoms with Crippen molar-refractivity contribution in [3.05, 3.63) is 22.7 Å². The largest absolute Gasteiger partial charge is 0.573 e. The van der Waals surface area contributed by atoms with Gasteiger partial charge in [-0.25, -0.2) is 0 Å². The molecule has 3 nitrogen and oxygen atoms in total. The van der Waals surface area contributed by atoms with Crippen LogP contribution in [-0.4, -0.2) is 17.5 Å². The number of ether oxygens (including phenoxy) is 1. The second-order valence-corrected chi connectivity index (χ2v) is 5.27. The van der Waals surface area contributed by atoms with Crippen molar-refractivity contribution in [1.82, 2.24) is 5.32 Å². The summed E-state index contributed by atoms with van der Waals surface area (Å²) in [6.45, 7) is 3.73. The zero-order valence-corrected chi connectivity index (χ0v) is 12.5. The van der Waals surface area contributed by atoms with Gasteiger partial charge in [-0.1, -0.05) is 15.9 Å². The number of rotatable bonds is 3. The average Bonchev–Trinajstić information content (AvgIpc) is 2.18. The number of halogens is 4. The molecule has 0 saturated heterocycles. The molecule has 1 rings (SSSR count). The molecule has 1 aromatic carbocycles. The van der Waals surface area contributed by atoms with Gasteiger partial charge in [0, 0.05) is 10.5 Å². The molecule has 0 saturated carbocycles. The maximum atomic E-state index is 12.3. The molecule has 0 unspecified atom stereocenters. The van der Waals surface area contributed by atoms with Gasteiger partial charge in [-0.3, -0.25) is 0 Å². The molecule has 0 spiro atoms. The molecule has 0 amide bonds. The Labute approximate surface area is 122 Å². The van der Waals surface area contributed by atoms with Gasteiger partial charge in [0.05, 0.1) is 5.69 Å². The lowest BCUT2D eigenvalue weighted by atomic mass is 10.3. The minimum atomic E-state index is -4.76. The molecular formula is C11H12BrF3N2OS. The maximum absolute atomic E-state index is 12.3. The Hall–Kier alpha value is -1.02. The number of nitrogens with one attached hydrogen (secondary N) is 2. The minimum Gasteiger partial charge on any atom is -0.404 e. The van der Waals surface area contributed by atoms with Crippen LogP contribution in [0, 0.1) is 0 Å². The number of anilines is 1. The molecule has 0 fully saturated rings. The lowest BCUT2D eigenvalue weighted by Gasteiger charge is -2.17. The highest BCUT2D eigenvalue weighted by atomic mass is 79.9. The Kier molecular flexibility index (Phi) is 5.42. The second-order valence-electron chi connectivity index (χ2n) is 3.94. The molecule has 0 aliphatic heterocycles. The molecule has 0 aromatic heterocycles. The molecule has 106 valence electrons. The Morgan fingerprint density at radius 3 is 2.53 bits per heavy atom. The number of hydrogen-bond donors (Lipinski definition) is 2. The van der Waals surface area contributed by atoms with Gasteiger partial charge in [-0.05, 0) is 44.3 Å². The summed E-state index contributed by atoms with van der Waals surface area (Å²) in [7, 11) is 0. The predicted octanol–water partition coefficient (Wildman–Crippen LogP) is 4.04. The first-order chi connectivity index (χ1) is 8.67. The maximum Gasteiger partial charge on any atom is 0.573 e. The van der Waals surface area contributed by atoms with E-state index in [1.165, 1.54) is 12.1 Å². The van der Waals surface area contributed by atoms with Crippen molar-refractivity contribution in [3.63, 3.8) is 0 Å². The summed E-state index contributed by atoms with van der Waals surface area (Å²) in [6, 6.07) is 4.32. The van der Waals surface area contributed by atoms with Crippen molar-refractivity contribution in [3.8, 4) is 5.75 Å². The van der Waals surface area contributed by atoms with Crippen LogP contribution in [0.1, 0.15) is 13.8 Å². The van der Waals surface area contributed by atoms with Crippen LogP contribution in [-0.2, 0) is 0 Å². The third-order valence-electron chi connectivity index (χ3n) is 1.84. The van der Waals surface area contributed by atoms with E-state index in [-0.39, 0.29) is 22.6 Å². The third kappa shape index (κ3) is 6.11. The summed E-state index contributed by atoms with van der Waals surface area (Å²) in [5.74, 6) is -0.352. The third-order valence-corrected chi connectivity index (χ3v) is 2.55. The van der Waals surface area contributed by atoms with Gasteiger partial charge in [0.2, 0.25) is 0 Å². The van der Waals surface area contributed by atoms with Gasteiger partial charge in [-0.2, -0.15) is 0 Å². The van der Waals surface area contributed by atoms with E-state index in [9.17, 15) is 13.2 Å². The van der Waals surface area contributed by atoms with Crippen LogP contribution in [0.15, 0.2) is 22.7 Å². The molecular weight excluding hydrogens is 345 g/mol. The standard InChI is InChI=1S/C11H12BrF3N2OS/c1-6(2)16-10(19)17-8-4-3-7(12)5-9(8)18-11(13,14)15/h3-6H,1-2H3,(H2,16,17,19). The quantitative estimate of drug-likeness (QED) is 0.800. The SMILES string of the molecule is CC(C)NC(=S)Nc1ccc(Br)cc1OC(F)(F)F. The Morgan fingerprint density at radius 1 is 1.37 bits per heavy atom. The number of alkyl halides is 3. The number of benzene rings is 1. The van der Waals surface area contributed by atoms with E-state index in [4.69, 9.17) is 12.2 Å². The Bertz CT molecular complexity index is 466. The Balaban J connectivity index is 2.90. The molecule has 0 bridgehead atoms. The van der Waals surface area contributed by atoms with Crippen molar-refractivity contribution >= 4 is 38.9 Å². The Morgan fingerprint density at radius 2 is 2.00 bits per heavy atom. The van der Waals surface area contributed by atoms with Crippen LogP contribution in [0.4, 0.5) is 18.9 Å². The van der Waals surface area contributed by atoms with Crippen LogP contribution in [0.25, 0.3) is 0 Å². The first-order valence-corrected chi connectivity index (χ1v) is 6.50. The van der Waals surface area contributed by atoms with E-state index in [0.29, 0.717) is 4.47 Å². The molecule has 0 heterocycles. The number of thiocarbonyl (C=S) groups is 1. The van der Waals surface area contributed by atoms with Crippen molar-refractivity contribution in [2.75, 3.05) is 5.32 Å². The van der Waals surface area contributed by atoms with Crippen LogP contribution in [0.2, 0.25) is 0 Å². The molecule has 19 heavy (non-hydrogen) atoms. The van der Waals surface area contributed by atoms with Gasteiger partial charge < -0.3 is 15.4 Å². The number of hydrogen-bond acceptors (Lipinski definition) is 2. The van der Waals surface area contributed by atoms with Crippen LogP contribution < -0.4 is 15.4 Å². The van der Waals surface area contributed by atoms with E-state index in [0.717, 1.165) is 0 Å². The highest BCUT2D eigenvalue weighted by Gasteiger charge is 2.32. The van der Waals surface area contributed by atoms with E-state index < -0.39 is 6.36 Å². The summed E-state index contributed by atoms with van der Waals surface area (Å²) in [5.41, 5.74) is 0.138. The highest BCUT2D eigenvalue weighted by Crippen LogP contribution is 2.32. The summed E-state index contributed by atoms with van der Waals surface area (Å²) < 4.78 is 41.3. The molecule has 0 radical (unpaired) electrons. The van der Waals surface area contributed by atoms with Gasteiger partial charge in [-0.15, -0.1) is 13.2 Å². The first kappa shape index (κ1) is 16.0. The fourth-order valence-corrected chi connectivity index (χ4v) is 1.91. The lowest BCUT2D eigenvalue weighted by molar-refractivity contribution is -0.274. The zero-order chi connectivity index (χ0) is 14.6. The normalized spacial score (nSPS) is 11.3. The summed E-state index contributed by atoms with van der Waals surface area (Å²) >= 11 is 8.06. The zero-order valence-electron chi connectivity index (χ0n) is 10.1. The molecule has 0 aliphatic rings. The smallest absolute Gasteiger partial charge is 0.404 e. The minimum absolute atomic E-state index is 0.0717. The van der Waals surface area contributed by atoms with Gasteiger partial charge in [0.25, 0.3) is 0 Å². The van der Waals surface area contributed by atoms with Gasteiger partial charge >= 0.3 is 6.36 Å². The monoisotopic (exact) mass is 356 g/mol. The van der Waals surface area contributed by atoms with Gasteiger partial charge in [0.1, 0.15) is 0 Å². The van der Waals surface area contributed by atoms with E-state index >= 15 is 0 Å². The molecule has 0 aliphatic carbocycles. The van der Waals surface area contributed by atoms with E-state index in [1.807, 2.05) is 13.8 Å². The predicted molar refractivity (Wildman–Crippen MR) is 75.3 cm³/mol. The van der Waals surface area contributed by atoms with Gasteiger partial charge in [0.15, 0.2) is 10.9 Å². The summed E-state index contributed by atoms with van der Waals surface area (Å²) in [6.07, 6.45) is -4.76. The lowest BCUT2D eigenvalue weighted by Crippen LogP contribution is -2.34. The van der Waals surface area contributed by atoms with Crippen LogP contribution >= 0.6 is 28.1 Å². The molecule has 2 N–H and O–H groups in total. The fourth-order valence-electron chi connectivity index (χ4n) is 1.23. The van der Waals surface area contributed by atoms with Crippen molar-refractivity contribution in [2.45, 2.75) is 26.3 Å². The van der Waals surface area contributed by atoms with Crippen molar-refractivity contribution < 1.29 is 17.9 Å². The van der Waals surface area contributed by atoms with Crippen molar-refractivity contribution in [1.29, 1.82) is 0 Å². The van der Waals surface area contributed by atoms with Crippen LogP contribution in [0.5, 0.6) is 5.75 Å². The molecule has 0 atom stereocenters. The first-order valence-electron chi connectivity index (χ1n) is 5.30. The topological polar surface area (TPSA) is 33.3 Å². The van der Waals surface area contributed by atoms with Crippen LogP contribution in [0.3, 0.4) is 0 Å². The summed E-state index contributed by atoms with van der Waals surface area (Å²) in [5, 5.41) is 5.76. The molecule has 8 heteroatoms. The van der Waals surface area contributed by atoms with Crippen molar-refractivity contribution in [2.24, 2.45) is 0 Å². The molecule has 1 aromatic rings. The highest BCUT2D eigenvalue weighted by molar-refractivity contribution is 9.10. The average molecular weight is 357 g/mol. The fraction of sp³-hybridized carbons (Fsp3) is 0.364. The second kappa shape index (κ2) is 6.42. The summed E-state index contributed by atoms with van der Waals surface area (Å²) in [4.78, 5) is 0.